The van der Waals surface area contributed by atoms with Gasteiger partial charge in [-0.25, -0.2) is 19.2 Å². The normalized spacial score (nSPS) is 33.7. The average molecular weight is 968 g/mol. The number of aromatic nitrogens is 1. The van der Waals surface area contributed by atoms with Crippen LogP contribution in [0.5, 0.6) is 0 Å². The topological polar surface area (TPSA) is 305 Å². The van der Waals surface area contributed by atoms with Crippen molar-refractivity contribution in [2.75, 3.05) is 13.2 Å². The number of hydrogen-bond donors (Lipinski definition) is 1. The number of nitrogens with zero attached hydrogens (tertiary/aromatic N) is 1. The van der Waals surface area contributed by atoms with Gasteiger partial charge in [-0.3, -0.25) is 29.0 Å². The molecular weight excluding hydrogens is 918 g/mol. The summed E-state index contributed by atoms with van der Waals surface area (Å²) in [5, 5.41) is 13.9. The SMILES string of the molecule is CC(=O)OC[C@]12[C@H](OC(C)=O)[C@H](OC(C)=O)[C@@H]3[C@@H](OC(C)=O)[C@@]14O[C@@]3(C)COC(=O)c1cccnc1CC[C@](C)(OC(=O)c1ccoc1)C(=O)O[C@@H]([C@H](OC(=O)c1ccoc1)[C@@H]2OC(C)=O)[C@]4(C)O. The number of aliphatic hydroxyl groups is 1. The molecule has 3 aromatic heterocycles. The summed E-state index contributed by atoms with van der Waals surface area (Å²) >= 11 is 0. The molecule has 1 N–H and O–H groups in total. The molecule has 1 saturated heterocycles. The number of hydrogen-bond acceptors (Lipinski definition) is 23. The monoisotopic (exact) mass is 967 g/mol. The lowest BCUT2D eigenvalue weighted by atomic mass is 9.45. The third kappa shape index (κ3) is 8.57. The molecule has 370 valence electrons. The fourth-order valence-corrected chi connectivity index (χ4v) is 10.3. The second-order valence-electron chi connectivity index (χ2n) is 17.7. The van der Waals surface area contributed by atoms with Crippen LogP contribution in [-0.2, 0) is 82.6 Å². The Morgan fingerprint density at radius 2 is 1.32 bits per heavy atom. The van der Waals surface area contributed by atoms with Crippen molar-refractivity contribution in [2.24, 2.45) is 11.3 Å². The predicted molar refractivity (Wildman–Crippen MR) is 221 cm³/mol. The highest BCUT2D eigenvalue weighted by Gasteiger charge is 2.92. The van der Waals surface area contributed by atoms with Crippen molar-refractivity contribution in [3.05, 3.63) is 77.9 Å². The molecule has 0 radical (unpaired) electrons. The van der Waals surface area contributed by atoms with Crippen LogP contribution < -0.4 is 0 Å². The zero-order chi connectivity index (χ0) is 50.4. The second-order valence-corrected chi connectivity index (χ2v) is 17.7. The summed E-state index contributed by atoms with van der Waals surface area (Å²) < 4.78 is 71.4. The van der Waals surface area contributed by atoms with E-state index >= 15 is 4.79 Å². The van der Waals surface area contributed by atoms with Gasteiger partial charge in [-0.15, -0.1) is 0 Å². The number of carbonyl (C=O) groups is 9. The molecule has 3 fully saturated rings. The first kappa shape index (κ1) is 49.8. The van der Waals surface area contributed by atoms with Crippen molar-refractivity contribution in [2.45, 2.75) is 127 Å². The summed E-state index contributed by atoms with van der Waals surface area (Å²) in [7, 11) is 0. The second kappa shape index (κ2) is 18.4. The maximum absolute atomic E-state index is 15.3. The zero-order valence-electron chi connectivity index (χ0n) is 38.5. The summed E-state index contributed by atoms with van der Waals surface area (Å²) in [5.74, 6) is -12.0. The van der Waals surface area contributed by atoms with Gasteiger partial charge in [0.15, 0.2) is 30.0 Å². The number of cyclic esters (lactones) is 1. The van der Waals surface area contributed by atoms with Gasteiger partial charge in [0.05, 0.1) is 40.8 Å². The lowest BCUT2D eigenvalue weighted by Gasteiger charge is -2.67. The van der Waals surface area contributed by atoms with Crippen LogP contribution in [-0.4, -0.2) is 136 Å². The van der Waals surface area contributed by atoms with E-state index in [-0.39, 0.29) is 28.8 Å². The van der Waals surface area contributed by atoms with Gasteiger partial charge >= 0.3 is 53.7 Å². The molecule has 0 amide bonds. The first-order valence-corrected chi connectivity index (χ1v) is 21.5. The molecule has 1 spiro atoms. The van der Waals surface area contributed by atoms with Crippen molar-refractivity contribution in [1.82, 2.24) is 4.98 Å². The smallest absolute Gasteiger partial charge is 0.350 e. The Morgan fingerprint density at radius 1 is 0.739 bits per heavy atom. The molecule has 2 saturated carbocycles. The Morgan fingerprint density at radius 3 is 1.88 bits per heavy atom. The van der Waals surface area contributed by atoms with Crippen LogP contribution in [0.3, 0.4) is 0 Å². The summed E-state index contributed by atoms with van der Waals surface area (Å²) in [6.07, 6.45) is -8.39. The lowest BCUT2D eigenvalue weighted by molar-refractivity contribution is -0.386. The fourth-order valence-electron chi connectivity index (χ4n) is 10.3. The summed E-state index contributed by atoms with van der Waals surface area (Å²) in [4.78, 5) is 129. The van der Waals surface area contributed by atoms with E-state index in [4.69, 9.17) is 56.2 Å². The molecule has 23 heteroatoms. The highest BCUT2D eigenvalue weighted by Crippen LogP contribution is 2.70. The Kier molecular flexibility index (Phi) is 13.3. The van der Waals surface area contributed by atoms with Crippen molar-refractivity contribution in [3.63, 3.8) is 0 Å². The number of esters is 9. The van der Waals surface area contributed by atoms with Crippen LogP contribution in [0.1, 0.15) is 98.6 Å². The Labute approximate surface area is 392 Å². The van der Waals surface area contributed by atoms with Crippen LogP contribution in [0.15, 0.2) is 64.3 Å². The number of carbonyl (C=O) groups excluding carboxylic acids is 9. The van der Waals surface area contributed by atoms with Crippen LogP contribution >= 0.6 is 0 Å². The van der Waals surface area contributed by atoms with Crippen molar-refractivity contribution in [3.8, 4) is 0 Å². The lowest BCUT2D eigenvalue weighted by Crippen LogP contribution is -2.89. The van der Waals surface area contributed by atoms with E-state index in [0.717, 1.165) is 73.5 Å². The predicted octanol–water partition coefficient (Wildman–Crippen LogP) is 2.32. The van der Waals surface area contributed by atoms with E-state index in [2.05, 4.69) is 4.98 Å². The van der Waals surface area contributed by atoms with Gasteiger partial charge in [0, 0.05) is 47.2 Å². The minimum absolute atomic E-state index is 0.0315. The molecule has 23 nitrogen and oxygen atoms in total. The average Bonchev–Trinajstić information content (AvgIpc) is 4.05. The summed E-state index contributed by atoms with van der Waals surface area (Å²) in [6, 6.07) is 5.19. The van der Waals surface area contributed by atoms with Crippen LogP contribution in [0, 0.1) is 11.3 Å². The van der Waals surface area contributed by atoms with E-state index < -0.39 is 144 Å². The Hall–Kier alpha value is -7.14. The van der Waals surface area contributed by atoms with Crippen LogP contribution in [0.25, 0.3) is 0 Å². The molecule has 3 aromatic rings. The molecule has 4 bridgehead atoms. The molecule has 7 rings (SSSR count). The van der Waals surface area contributed by atoms with Crippen molar-refractivity contribution < 1.29 is 104 Å². The number of ether oxygens (including phenoxy) is 10. The maximum Gasteiger partial charge on any atom is 0.350 e. The van der Waals surface area contributed by atoms with Gasteiger partial charge in [-0.1, -0.05) is 0 Å². The van der Waals surface area contributed by atoms with Crippen molar-refractivity contribution in [1.29, 1.82) is 0 Å². The van der Waals surface area contributed by atoms with Gasteiger partial charge in [0.25, 0.3) is 0 Å². The Balaban J connectivity index is 1.61. The summed E-state index contributed by atoms with van der Waals surface area (Å²) in [6.45, 7) is 6.17. The molecule has 0 aromatic carbocycles. The number of fused-ring (bicyclic) bond motifs is 5. The summed E-state index contributed by atoms with van der Waals surface area (Å²) in [5.41, 5.74) is -14.0. The van der Waals surface area contributed by atoms with Gasteiger partial charge in [0.1, 0.15) is 54.6 Å². The fraction of sp³-hybridized carbons (Fsp3) is 0.522. The Bertz CT molecular complexity index is 2530. The minimum atomic E-state index is -3.08. The number of aryl methyl sites for hydroxylation is 1. The largest absolute Gasteiger partial charge is 0.472 e. The molecule has 2 aliphatic heterocycles. The highest BCUT2D eigenvalue weighted by molar-refractivity contribution is 5.93. The first-order chi connectivity index (χ1) is 32.4. The third-order valence-electron chi connectivity index (χ3n) is 13.0. The van der Waals surface area contributed by atoms with Gasteiger partial charge in [0.2, 0.25) is 5.60 Å². The molecule has 5 heterocycles. The van der Waals surface area contributed by atoms with E-state index in [1.807, 2.05) is 0 Å². The molecular formula is C46H49NO22. The van der Waals surface area contributed by atoms with Gasteiger partial charge in [-0.05, 0) is 51.5 Å². The first-order valence-electron chi connectivity index (χ1n) is 21.5. The molecule has 2 aliphatic carbocycles. The standard InChI is InChI=1S/C46H49NO22/c1-22(48)60-21-45-36(64-25(4)51)32(62-23(2)49)31-34(63-24(3)50)46(45)44(8,57)35(33(37(45)65-26(5)52)66-38(53)27-12-16-58-18-27)67-41(56)42(6,68-39(54)28-13-17-59-19-28)14-11-30-29(10-9-15-47-30)40(55)61-20-43(31,7)69-46/h9-10,12-13,15-19,31-37,57H,11,14,20-21H2,1-8H3/t31-,32-,33+,34-,35+,36-,37+,42+,43+,44+,45-,46+/m1/s1. The zero-order valence-corrected chi connectivity index (χ0v) is 38.5. The van der Waals surface area contributed by atoms with Crippen LogP contribution in [0.2, 0.25) is 0 Å². The number of rotatable bonds is 10. The van der Waals surface area contributed by atoms with Crippen LogP contribution in [0.4, 0.5) is 0 Å². The molecule has 12 atom stereocenters. The van der Waals surface area contributed by atoms with Gasteiger partial charge < -0.3 is 61.3 Å². The van der Waals surface area contributed by atoms with Gasteiger partial charge in [-0.2, -0.15) is 0 Å². The molecule has 69 heavy (non-hydrogen) atoms. The number of furan rings is 2. The van der Waals surface area contributed by atoms with E-state index in [9.17, 15) is 43.5 Å². The maximum atomic E-state index is 15.3. The van der Waals surface area contributed by atoms with E-state index in [1.165, 1.54) is 37.4 Å². The quantitative estimate of drug-likeness (QED) is 0.225. The van der Waals surface area contributed by atoms with E-state index in [1.54, 1.807) is 0 Å². The number of pyridine rings is 1. The molecule has 0 unspecified atom stereocenters. The minimum Gasteiger partial charge on any atom is -0.472 e. The molecule has 4 aliphatic rings. The highest BCUT2D eigenvalue weighted by atomic mass is 16.7. The third-order valence-corrected chi connectivity index (χ3v) is 13.0. The van der Waals surface area contributed by atoms with Crippen molar-refractivity contribution >= 4 is 53.7 Å². The van der Waals surface area contributed by atoms with E-state index in [0.29, 0.717) is 0 Å².